The van der Waals surface area contributed by atoms with Gasteiger partial charge in [0.05, 0.1) is 12.3 Å². The topological polar surface area (TPSA) is 140 Å². The van der Waals surface area contributed by atoms with E-state index in [0.717, 1.165) is 6.07 Å². The Morgan fingerprint density at radius 2 is 2.04 bits per heavy atom. The number of aliphatic carboxylic acids is 1. The van der Waals surface area contributed by atoms with E-state index < -0.39 is 16.1 Å². The number of unbranched alkanes of at least 4 members (excludes halogenated alkanes) is 2. The molecular weight excluding hydrogens is 336 g/mol. The van der Waals surface area contributed by atoms with Crippen molar-refractivity contribution in [2.75, 3.05) is 12.3 Å². The van der Waals surface area contributed by atoms with Crippen LogP contribution in [0.4, 0.5) is 5.69 Å². The Balaban J connectivity index is 2.19. The number of hydrogen-bond donors (Lipinski definition) is 3. The molecule has 0 saturated heterocycles. The maximum absolute atomic E-state index is 11.5. The Kier molecular flexibility index (Phi) is 5.58. The van der Waals surface area contributed by atoms with Gasteiger partial charge in [-0.1, -0.05) is 0 Å². The van der Waals surface area contributed by atoms with Crippen LogP contribution in [0.3, 0.4) is 0 Å². The minimum Gasteiger partial charge on any atom is -0.489 e. The minimum absolute atomic E-state index is 0.0550. The van der Waals surface area contributed by atoms with Crippen LogP contribution >= 0.6 is 0 Å². The van der Waals surface area contributed by atoms with Gasteiger partial charge in [-0.3, -0.25) is 14.3 Å². The van der Waals surface area contributed by atoms with Crippen LogP contribution in [0.2, 0.25) is 0 Å². The molecule has 1 heterocycles. The lowest BCUT2D eigenvalue weighted by atomic mass is 10.1. The molecule has 24 heavy (non-hydrogen) atoms. The van der Waals surface area contributed by atoms with Crippen LogP contribution in [-0.4, -0.2) is 35.6 Å². The normalized spacial score (nSPS) is 11.5. The zero-order valence-corrected chi connectivity index (χ0v) is 13.6. The number of aromatic nitrogens is 1. The van der Waals surface area contributed by atoms with Gasteiger partial charge in [0, 0.05) is 18.0 Å². The van der Waals surface area contributed by atoms with Crippen molar-refractivity contribution in [2.24, 2.45) is 0 Å². The first-order valence-corrected chi connectivity index (χ1v) is 8.74. The van der Waals surface area contributed by atoms with Gasteiger partial charge >= 0.3 is 5.97 Å². The molecular formula is C15H18N2O6S. The van der Waals surface area contributed by atoms with Crippen molar-refractivity contribution in [1.29, 1.82) is 0 Å². The van der Waals surface area contributed by atoms with Crippen LogP contribution in [-0.2, 0) is 14.9 Å². The van der Waals surface area contributed by atoms with E-state index in [1.807, 2.05) is 0 Å². The first-order chi connectivity index (χ1) is 11.3. The zero-order chi connectivity index (χ0) is 17.7. The SMILES string of the molecule is Nc1cc(S(=O)(=O)O)c2cccnc2c1OCCCCCC(=O)O. The second-order valence-corrected chi connectivity index (χ2v) is 6.61. The van der Waals surface area contributed by atoms with Gasteiger partial charge in [-0.15, -0.1) is 0 Å². The monoisotopic (exact) mass is 354 g/mol. The largest absolute Gasteiger partial charge is 0.489 e. The molecule has 4 N–H and O–H groups in total. The summed E-state index contributed by atoms with van der Waals surface area (Å²) >= 11 is 0. The van der Waals surface area contributed by atoms with E-state index in [0.29, 0.717) is 25.9 Å². The number of carbonyl (C=O) groups is 1. The summed E-state index contributed by atoms with van der Waals surface area (Å²) in [5.74, 6) is -0.590. The second-order valence-electron chi connectivity index (χ2n) is 5.22. The molecule has 0 amide bonds. The Morgan fingerprint density at radius 1 is 1.29 bits per heavy atom. The van der Waals surface area contributed by atoms with E-state index in [9.17, 15) is 17.8 Å². The molecule has 0 fully saturated rings. The van der Waals surface area contributed by atoms with Gasteiger partial charge in [-0.05, 0) is 37.5 Å². The van der Waals surface area contributed by atoms with E-state index in [4.69, 9.17) is 15.6 Å². The lowest BCUT2D eigenvalue weighted by Gasteiger charge is -2.13. The van der Waals surface area contributed by atoms with E-state index >= 15 is 0 Å². The second kappa shape index (κ2) is 7.45. The Bertz CT molecular complexity index is 850. The summed E-state index contributed by atoms with van der Waals surface area (Å²) in [6.45, 7) is 0.292. The Morgan fingerprint density at radius 3 is 2.71 bits per heavy atom. The molecule has 0 radical (unpaired) electrons. The summed E-state index contributed by atoms with van der Waals surface area (Å²) < 4.78 is 37.9. The predicted octanol–water partition coefficient (Wildman–Crippen LogP) is 2.09. The molecule has 0 bridgehead atoms. The van der Waals surface area contributed by atoms with Crippen LogP contribution < -0.4 is 10.5 Å². The number of pyridine rings is 1. The third-order valence-corrected chi connectivity index (χ3v) is 4.29. The number of nitrogens with zero attached hydrogens (tertiary/aromatic N) is 1. The highest BCUT2D eigenvalue weighted by molar-refractivity contribution is 7.86. The van der Waals surface area contributed by atoms with E-state index in [1.54, 1.807) is 6.07 Å². The van der Waals surface area contributed by atoms with Gasteiger partial charge in [-0.25, -0.2) is 0 Å². The minimum atomic E-state index is -4.44. The average Bonchev–Trinajstić information content (AvgIpc) is 2.50. The smallest absolute Gasteiger partial charge is 0.303 e. The zero-order valence-electron chi connectivity index (χ0n) is 12.8. The van der Waals surface area contributed by atoms with Crippen molar-refractivity contribution < 1.29 is 27.6 Å². The van der Waals surface area contributed by atoms with Crippen molar-refractivity contribution in [2.45, 2.75) is 30.6 Å². The first-order valence-electron chi connectivity index (χ1n) is 7.30. The molecule has 1 aromatic heterocycles. The number of rotatable bonds is 8. The number of hydrogen-bond acceptors (Lipinski definition) is 6. The molecule has 0 aliphatic carbocycles. The average molecular weight is 354 g/mol. The van der Waals surface area contributed by atoms with Crippen molar-refractivity contribution >= 4 is 32.7 Å². The van der Waals surface area contributed by atoms with E-state index in [1.165, 1.54) is 12.3 Å². The highest BCUT2D eigenvalue weighted by Gasteiger charge is 2.20. The fourth-order valence-corrected chi connectivity index (χ4v) is 3.02. The molecule has 0 unspecified atom stereocenters. The quantitative estimate of drug-likeness (QED) is 0.372. The highest BCUT2D eigenvalue weighted by Crippen LogP contribution is 2.35. The summed E-state index contributed by atoms with van der Waals surface area (Å²) in [7, 11) is -4.44. The van der Waals surface area contributed by atoms with Crippen molar-refractivity contribution in [1.82, 2.24) is 4.98 Å². The fraction of sp³-hybridized carbons (Fsp3) is 0.333. The molecule has 9 heteroatoms. The number of anilines is 1. The van der Waals surface area contributed by atoms with Crippen molar-refractivity contribution in [3.05, 3.63) is 24.4 Å². The van der Waals surface area contributed by atoms with Gasteiger partial charge in [0.15, 0.2) is 5.75 Å². The van der Waals surface area contributed by atoms with Crippen molar-refractivity contribution in [3.8, 4) is 5.75 Å². The summed E-state index contributed by atoms with van der Waals surface area (Å²) in [5, 5.41) is 8.79. The number of carboxylic acid groups (broad SMARTS) is 1. The van der Waals surface area contributed by atoms with Gasteiger partial charge < -0.3 is 15.6 Å². The molecule has 0 atom stereocenters. The Labute approximate surface area is 139 Å². The lowest BCUT2D eigenvalue weighted by molar-refractivity contribution is -0.137. The van der Waals surface area contributed by atoms with Gasteiger partial charge in [0.25, 0.3) is 10.1 Å². The molecule has 0 saturated carbocycles. The number of fused-ring (bicyclic) bond motifs is 1. The molecule has 1 aromatic carbocycles. The number of carboxylic acids is 1. The number of nitrogen functional groups attached to an aromatic ring is 1. The third kappa shape index (κ3) is 4.33. The molecule has 0 aliphatic heterocycles. The third-order valence-electron chi connectivity index (χ3n) is 3.40. The lowest BCUT2D eigenvalue weighted by Crippen LogP contribution is -2.06. The van der Waals surface area contributed by atoms with Crippen LogP contribution in [0.15, 0.2) is 29.3 Å². The maximum Gasteiger partial charge on any atom is 0.303 e. The van der Waals surface area contributed by atoms with Gasteiger partial charge in [0.1, 0.15) is 10.4 Å². The van der Waals surface area contributed by atoms with Gasteiger partial charge in [-0.2, -0.15) is 8.42 Å². The summed E-state index contributed by atoms with van der Waals surface area (Å²) in [6.07, 6.45) is 3.43. The summed E-state index contributed by atoms with van der Waals surface area (Å²) in [6, 6.07) is 4.19. The number of ether oxygens (including phenoxy) is 1. The number of benzene rings is 1. The van der Waals surface area contributed by atoms with E-state index in [-0.39, 0.29) is 33.7 Å². The van der Waals surface area contributed by atoms with Crippen LogP contribution in [0.25, 0.3) is 10.9 Å². The summed E-state index contributed by atoms with van der Waals surface area (Å²) in [4.78, 5) is 14.2. The summed E-state index contributed by atoms with van der Waals surface area (Å²) in [5.41, 5.74) is 6.15. The van der Waals surface area contributed by atoms with E-state index in [2.05, 4.69) is 4.98 Å². The molecule has 0 spiro atoms. The molecule has 130 valence electrons. The first kappa shape index (κ1) is 18.0. The van der Waals surface area contributed by atoms with Crippen LogP contribution in [0.5, 0.6) is 5.75 Å². The van der Waals surface area contributed by atoms with Gasteiger partial charge in [0.2, 0.25) is 0 Å². The van der Waals surface area contributed by atoms with Crippen molar-refractivity contribution in [3.63, 3.8) is 0 Å². The number of nitrogens with two attached hydrogens (primary N) is 1. The maximum atomic E-state index is 11.5. The predicted molar refractivity (Wildman–Crippen MR) is 87.6 cm³/mol. The highest BCUT2D eigenvalue weighted by atomic mass is 32.2. The molecule has 8 nitrogen and oxygen atoms in total. The Hall–Kier alpha value is -2.39. The molecule has 2 aromatic rings. The fourth-order valence-electron chi connectivity index (χ4n) is 2.30. The molecule has 0 aliphatic rings. The van der Waals surface area contributed by atoms with Crippen LogP contribution in [0, 0.1) is 0 Å². The van der Waals surface area contributed by atoms with Crippen LogP contribution in [0.1, 0.15) is 25.7 Å². The standard InChI is InChI=1S/C15H18N2O6S/c16-11-9-12(24(20,21)22)10-5-4-7-17-14(10)15(11)23-8-3-1-2-6-13(18)19/h4-5,7,9H,1-3,6,8,16H2,(H,18,19)(H,20,21,22). The molecule has 2 rings (SSSR count).